The van der Waals surface area contributed by atoms with E-state index in [0.717, 1.165) is 11.3 Å². The molecule has 0 saturated heterocycles. The first-order valence-electron chi connectivity index (χ1n) is 7.15. The molecule has 3 rings (SSSR count). The van der Waals surface area contributed by atoms with Crippen LogP contribution in [0.2, 0.25) is 5.02 Å². The average molecular weight is 331 g/mol. The van der Waals surface area contributed by atoms with Gasteiger partial charge in [0.25, 0.3) is 5.91 Å². The highest BCUT2D eigenvalue weighted by Crippen LogP contribution is 2.30. The molecule has 0 spiro atoms. The zero-order valence-corrected chi connectivity index (χ0v) is 13.5. The van der Waals surface area contributed by atoms with Crippen LogP contribution >= 0.6 is 11.6 Å². The number of hydrogen-bond acceptors (Lipinski definition) is 4. The number of ether oxygens (including phenoxy) is 1. The van der Waals surface area contributed by atoms with Crippen LogP contribution in [0, 0.1) is 0 Å². The number of carbonyl (C=O) groups is 1. The molecule has 0 fully saturated rings. The lowest BCUT2D eigenvalue weighted by molar-refractivity contribution is 0.0957. The minimum Gasteiger partial charge on any atom is -0.497 e. The number of rotatable bonds is 4. The number of oxazole rings is 1. The first-order valence-corrected chi connectivity index (χ1v) is 7.53. The van der Waals surface area contributed by atoms with E-state index in [4.69, 9.17) is 20.8 Å². The van der Waals surface area contributed by atoms with Gasteiger partial charge in [0.1, 0.15) is 11.3 Å². The molecule has 0 aliphatic carbocycles. The van der Waals surface area contributed by atoms with Crippen LogP contribution in [-0.4, -0.2) is 24.5 Å². The van der Waals surface area contributed by atoms with E-state index >= 15 is 0 Å². The normalized spacial score (nSPS) is 10.7. The van der Waals surface area contributed by atoms with Crippen LogP contribution in [0.4, 0.5) is 0 Å². The fraction of sp³-hybridized carbons (Fsp3) is 0.176. The lowest BCUT2D eigenvalue weighted by atomic mass is 10.1. The molecule has 3 aromatic rings. The number of nitrogens with zero attached hydrogens (tertiary/aromatic N) is 1. The molecular formula is C17H15ClN2O3. The third kappa shape index (κ3) is 3.00. The Bertz CT molecular complexity index is 856. The molecule has 0 aliphatic heterocycles. The lowest BCUT2D eigenvalue weighted by Gasteiger charge is -2.02. The van der Waals surface area contributed by atoms with E-state index < -0.39 is 0 Å². The van der Waals surface area contributed by atoms with Crippen molar-refractivity contribution in [3.8, 4) is 17.2 Å². The van der Waals surface area contributed by atoms with Crippen LogP contribution in [-0.2, 0) is 0 Å². The summed E-state index contributed by atoms with van der Waals surface area (Å²) in [6.45, 7) is 2.38. The molecule has 0 saturated carbocycles. The zero-order chi connectivity index (χ0) is 16.4. The number of benzene rings is 2. The summed E-state index contributed by atoms with van der Waals surface area (Å²) < 4.78 is 10.9. The van der Waals surface area contributed by atoms with Crippen molar-refractivity contribution in [3.63, 3.8) is 0 Å². The molecule has 2 aromatic carbocycles. The average Bonchev–Trinajstić information content (AvgIpc) is 2.98. The molecule has 6 heteroatoms. The van der Waals surface area contributed by atoms with Gasteiger partial charge in [0.15, 0.2) is 5.58 Å². The lowest BCUT2D eigenvalue weighted by Crippen LogP contribution is -2.22. The summed E-state index contributed by atoms with van der Waals surface area (Å²) in [5, 5.41) is 3.18. The Morgan fingerprint density at radius 1 is 1.30 bits per heavy atom. The van der Waals surface area contributed by atoms with Gasteiger partial charge >= 0.3 is 0 Å². The third-order valence-electron chi connectivity index (χ3n) is 3.38. The van der Waals surface area contributed by atoms with E-state index in [0.29, 0.717) is 34.1 Å². The molecule has 0 unspecified atom stereocenters. The molecule has 1 amide bonds. The minimum atomic E-state index is -0.227. The SMILES string of the molecule is CCNC(=O)c1cc(Cl)cc2oc(-c3ccc(OC)cc3)nc12. The van der Waals surface area contributed by atoms with Gasteiger partial charge in [-0.05, 0) is 37.3 Å². The van der Waals surface area contributed by atoms with Gasteiger partial charge in [0.05, 0.1) is 12.7 Å². The standard InChI is InChI=1S/C17H15ClN2O3/c1-3-19-16(21)13-8-11(18)9-14-15(13)20-17(23-14)10-4-6-12(22-2)7-5-10/h4-9H,3H2,1-2H3,(H,19,21). The Kier molecular flexibility index (Phi) is 4.21. The first kappa shape index (κ1) is 15.4. The molecule has 0 bridgehead atoms. The summed E-state index contributed by atoms with van der Waals surface area (Å²) in [4.78, 5) is 16.6. The molecule has 1 N–H and O–H groups in total. The number of carbonyl (C=O) groups excluding carboxylic acids is 1. The smallest absolute Gasteiger partial charge is 0.253 e. The van der Waals surface area contributed by atoms with Crippen molar-refractivity contribution < 1.29 is 13.9 Å². The summed E-state index contributed by atoms with van der Waals surface area (Å²) in [6.07, 6.45) is 0. The first-order chi connectivity index (χ1) is 11.1. The maximum absolute atomic E-state index is 12.2. The summed E-state index contributed by atoms with van der Waals surface area (Å²) in [5.74, 6) is 0.945. The molecule has 1 aromatic heterocycles. The van der Waals surface area contributed by atoms with Gasteiger partial charge in [-0.2, -0.15) is 0 Å². The van der Waals surface area contributed by atoms with E-state index in [1.807, 2.05) is 31.2 Å². The molecule has 5 nitrogen and oxygen atoms in total. The highest BCUT2D eigenvalue weighted by molar-refractivity contribution is 6.32. The number of nitrogens with one attached hydrogen (secondary N) is 1. The number of aromatic nitrogens is 1. The monoisotopic (exact) mass is 330 g/mol. The molecule has 0 atom stereocenters. The van der Waals surface area contributed by atoms with Crippen molar-refractivity contribution in [1.29, 1.82) is 0 Å². The van der Waals surface area contributed by atoms with Gasteiger partial charge in [0, 0.05) is 23.2 Å². The number of halogens is 1. The van der Waals surface area contributed by atoms with E-state index in [1.165, 1.54) is 0 Å². The van der Waals surface area contributed by atoms with Crippen LogP contribution in [0.5, 0.6) is 5.75 Å². The largest absolute Gasteiger partial charge is 0.497 e. The van der Waals surface area contributed by atoms with Gasteiger partial charge in [-0.25, -0.2) is 4.98 Å². The van der Waals surface area contributed by atoms with Crippen LogP contribution in [0.15, 0.2) is 40.8 Å². The van der Waals surface area contributed by atoms with E-state index in [-0.39, 0.29) is 5.91 Å². The summed E-state index contributed by atoms with van der Waals surface area (Å²) in [6, 6.07) is 10.6. The molecule has 0 aliphatic rings. The molecular weight excluding hydrogens is 316 g/mol. The van der Waals surface area contributed by atoms with Gasteiger partial charge in [0.2, 0.25) is 5.89 Å². The quantitative estimate of drug-likeness (QED) is 0.787. The summed E-state index contributed by atoms with van der Waals surface area (Å²) in [5.41, 5.74) is 2.16. The maximum atomic E-state index is 12.2. The van der Waals surface area contributed by atoms with Crippen molar-refractivity contribution in [2.45, 2.75) is 6.92 Å². The van der Waals surface area contributed by atoms with Crippen LogP contribution < -0.4 is 10.1 Å². The van der Waals surface area contributed by atoms with Gasteiger partial charge < -0.3 is 14.5 Å². The number of methoxy groups -OCH3 is 1. The van der Waals surface area contributed by atoms with Crippen molar-refractivity contribution in [2.75, 3.05) is 13.7 Å². The second-order valence-corrected chi connectivity index (χ2v) is 5.34. The predicted octanol–water partition coefficient (Wildman–Crippen LogP) is 3.91. The van der Waals surface area contributed by atoms with Gasteiger partial charge in [-0.3, -0.25) is 4.79 Å². The highest BCUT2D eigenvalue weighted by atomic mass is 35.5. The second kappa shape index (κ2) is 6.30. The Morgan fingerprint density at radius 3 is 2.70 bits per heavy atom. The number of hydrogen-bond donors (Lipinski definition) is 1. The fourth-order valence-electron chi connectivity index (χ4n) is 2.28. The Balaban J connectivity index is 2.10. The van der Waals surface area contributed by atoms with E-state index in [9.17, 15) is 4.79 Å². The maximum Gasteiger partial charge on any atom is 0.253 e. The van der Waals surface area contributed by atoms with Gasteiger partial charge in [-0.15, -0.1) is 0 Å². The third-order valence-corrected chi connectivity index (χ3v) is 3.60. The van der Waals surface area contributed by atoms with Crippen molar-refractivity contribution in [3.05, 3.63) is 47.0 Å². The number of fused-ring (bicyclic) bond motifs is 1. The fourth-order valence-corrected chi connectivity index (χ4v) is 2.49. The molecule has 1 heterocycles. The highest BCUT2D eigenvalue weighted by Gasteiger charge is 2.17. The topological polar surface area (TPSA) is 64.4 Å². The Labute approximate surface area is 138 Å². The Hall–Kier alpha value is -2.53. The van der Waals surface area contributed by atoms with Crippen LogP contribution in [0.3, 0.4) is 0 Å². The summed E-state index contributed by atoms with van der Waals surface area (Å²) >= 11 is 6.08. The molecule has 118 valence electrons. The van der Waals surface area contributed by atoms with Crippen molar-refractivity contribution >= 4 is 28.6 Å². The zero-order valence-electron chi connectivity index (χ0n) is 12.7. The van der Waals surface area contributed by atoms with Crippen LogP contribution in [0.1, 0.15) is 17.3 Å². The predicted molar refractivity (Wildman–Crippen MR) is 89.0 cm³/mol. The van der Waals surface area contributed by atoms with E-state index in [1.54, 1.807) is 19.2 Å². The second-order valence-electron chi connectivity index (χ2n) is 4.91. The Morgan fingerprint density at radius 2 is 2.04 bits per heavy atom. The molecule has 0 radical (unpaired) electrons. The van der Waals surface area contributed by atoms with Crippen molar-refractivity contribution in [2.24, 2.45) is 0 Å². The van der Waals surface area contributed by atoms with E-state index in [2.05, 4.69) is 10.3 Å². The number of amides is 1. The van der Waals surface area contributed by atoms with Crippen molar-refractivity contribution in [1.82, 2.24) is 10.3 Å². The van der Waals surface area contributed by atoms with Gasteiger partial charge in [-0.1, -0.05) is 11.6 Å². The van der Waals surface area contributed by atoms with Crippen LogP contribution in [0.25, 0.3) is 22.6 Å². The molecule has 23 heavy (non-hydrogen) atoms. The summed E-state index contributed by atoms with van der Waals surface area (Å²) in [7, 11) is 1.61. The minimum absolute atomic E-state index is 0.227.